The lowest BCUT2D eigenvalue weighted by Gasteiger charge is -2.38. The second-order valence-corrected chi connectivity index (χ2v) is 5.47. The molecule has 98 valence electrons. The van der Waals surface area contributed by atoms with Crippen molar-refractivity contribution in [1.29, 1.82) is 0 Å². The van der Waals surface area contributed by atoms with E-state index in [9.17, 15) is 9.59 Å². The number of ether oxygens (including phenoxy) is 1. The van der Waals surface area contributed by atoms with Crippen molar-refractivity contribution in [3.8, 4) is 0 Å². The molecule has 1 fully saturated rings. The molecule has 0 radical (unpaired) electrons. The maximum Gasteiger partial charge on any atom is 0.411 e. The highest BCUT2D eigenvalue weighted by atomic mass is 16.6. The molecule has 2 atom stereocenters. The fourth-order valence-electron chi connectivity index (χ4n) is 1.88. The lowest BCUT2D eigenvalue weighted by Crippen LogP contribution is -2.61. The topological polar surface area (TPSA) is 58.6 Å². The van der Waals surface area contributed by atoms with Crippen LogP contribution in [0.4, 0.5) is 4.79 Å². The maximum atomic E-state index is 12.0. The van der Waals surface area contributed by atoms with Crippen molar-refractivity contribution in [3.05, 3.63) is 0 Å². The van der Waals surface area contributed by atoms with Crippen LogP contribution in [0.5, 0.6) is 0 Å². The molecule has 5 heteroatoms. The van der Waals surface area contributed by atoms with Crippen LogP contribution in [0.1, 0.15) is 41.0 Å². The summed E-state index contributed by atoms with van der Waals surface area (Å²) in [5, 5.41) is 2.84. The molecule has 1 heterocycles. The van der Waals surface area contributed by atoms with Crippen LogP contribution in [0.15, 0.2) is 0 Å². The average molecular weight is 242 g/mol. The average Bonchev–Trinajstić information content (AvgIpc) is 2.13. The van der Waals surface area contributed by atoms with Gasteiger partial charge in [0, 0.05) is 12.6 Å². The Balaban J connectivity index is 2.78. The van der Waals surface area contributed by atoms with Crippen molar-refractivity contribution in [2.75, 3.05) is 6.54 Å². The van der Waals surface area contributed by atoms with Gasteiger partial charge in [-0.25, -0.2) is 4.79 Å². The summed E-state index contributed by atoms with van der Waals surface area (Å²) in [6, 6.07) is -0.445. The van der Waals surface area contributed by atoms with Gasteiger partial charge in [0.05, 0.1) is 0 Å². The summed E-state index contributed by atoms with van der Waals surface area (Å²) in [5.74, 6) is -0.0999. The number of carbonyl (C=O) groups is 2. The fraction of sp³-hybridized carbons (Fsp3) is 0.833. The number of hydrogen-bond acceptors (Lipinski definition) is 3. The zero-order chi connectivity index (χ0) is 13.2. The van der Waals surface area contributed by atoms with Crippen molar-refractivity contribution >= 4 is 12.0 Å². The third-order valence-electron chi connectivity index (χ3n) is 2.55. The van der Waals surface area contributed by atoms with Gasteiger partial charge in [0.2, 0.25) is 5.91 Å². The molecule has 0 aliphatic carbocycles. The molecule has 2 unspecified atom stereocenters. The lowest BCUT2D eigenvalue weighted by molar-refractivity contribution is -0.130. The van der Waals surface area contributed by atoms with E-state index < -0.39 is 17.7 Å². The van der Waals surface area contributed by atoms with Crippen molar-refractivity contribution in [3.63, 3.8) is 0 Å². The third-order valence-corrected chi connectivity index (χ3v) is 2.55. The first-order valence-electron chi connectivity index (χ1n) is 6.04. The Morgan fingerprint density at radius 3 is 2.59 bits per heavy atom. The van der Waals surface area contributed by atoms with Gasteiger partial charge in [-0.2, -0.15) is 0 Å². The molecule has 2 amide bonds. The molecule has 0 saturated carbocycles. The van der Waals surface area contributed by atoms with E-state index in [2.05, 4.69) is 5.32 Å². The van der Waals surface area contributed by atoms with Crippen LogP contribution in [-0.2, 0) is 9.53 Å². The van der Waals surface area contributed by atoms with Crippen molar-refractivity contribution < 1.29 is 14.3 Å². The Morgan fingerprint density at radius 1 is 1.53 bits per heavy atom. The molecular weight excluding hydrogens is 220 g/mol. The molecule has 0 aromatic carbocycles. The first-order chi connectivity index (χ1) is 7.74. The zero-order valence-corrected chi connectivity index (χ0v) is 11.2. The van der Waals surface area contributed by atoms with E-state index in [0.717, 1.165) is 0 Å². The van der Waals surface area contributed by atoms with Crippen LogP contribution in [0, 0.1) is 0 Å². The molecule has 0 aromatic heterocycles. The summed E-state index contributed by atoms with van der Waals surface area (Å²) in [6.45, 7) is 9.72. The summed E-state index contributed by atoms with van der Waals surface area (Å²) >= 11 is 0. The van der Waals surface area contributed by atoms with Gasteiger partial charge in [0.1, 0.15) is 11.6 Å². The quantitative estimate of drug-likeness (QED) is 0.758. The van der Waals surface area contributed by atoms with Crippen LogP contribution < -0.4 is 5.32 Å². The van der Waals surface area contributed by atoms with E-state index in [1.807, 2.05) is 34.6 Å². The second kappa shape index (κ2) is 4.94. The van der Waals surface area contributed by atoms with E-state index in [1.165, 1.54) is 4.90 Å². The number of nitrogens with one attached hydrogen (secondary N) is 1. The molecule has 5 nitrogen and oxygen atoms in total. The molecule has 1 rings (SSSR count). The summed E-state index contributed by atoms with van der Waals surface area (Å²) in [7, 11) is 0. The van der Waals surface area contributed by atoms with Crippen LogP contribution in [0.2, 0.25) is 0 Å². The summed E-state index contributed by atoms with van der Waals surface area (Å²) in [6.07, 6.45) is 0.184. The third kappa shape index (κ3) is 3.61. The number of piperazine rings is 1. The Kier molecular flexibility index (Phi) is 4.01. The van der Waals surface area contributed by atoms with Gasteiger partial charge in [0.15, 0.2) is 0 Å². The second-order valence-electron chi connectivity index (χ2n) is 5.47. The molecule has 1 aliphatic rings. The van der Waals surface area contributed by atoms with Gasteiger partial charge in [0.25, 0.3) is 0 Å². The Morgan fingerprint density at radius 2 is 2.12 bits per heavy atom. The molecule has 1 N–H and O–H groups in total. The Labute approximate surface area is 102 Å². The molecule has 0 aromatic rings. The minimum absolute atomic E-state index is 0.0298. The summed E-state index contributed by atoms with van der Waals surface area (Å²) in [4.78, 5) is 25.3. The largest absolute Gasteiger partial charge is 0.444 e. The predicted molar refractivity (Wildman–Crippen MR) is 64.6 cm³/mol. The number of hydrogen-bond donors (Lipinski definition) is 1. The first kappa shape index (κ1) is 13.8. The number of carbonyl (C=O) groups excluding carboxylic acids is 2. The van der Waals surface area contributed by atoms with Gasteiger partial charge in [-0.1, -0.05) is 6.92 Å². The predicted octanol–water partition coefficient (Wildman–Crippen LogP) is 1.52. The molecule has 0 bridgehead atoms. The minimum atomic E-state index is -0.535. The highest BCUT2D eigenvalue weighted by Crippen LogP contribution is 2.16. The van der Waals surface area contributed by atoms with E-state index >= 15 is 0 Å². The molecule has 0 spiro atoms. The van der Waals surface area contributed by atoms with Crippen molar-refractivity contribution in [1.82, 2.24) is 10.2 Å². The standard InChI is InChI=1S/C12H22N2O3/c1-6-9-10(15)13-8(2)7-14(9)11(16)17-12(3,4)5/h8-9H,6-7H2,1-5H3,(H,13,15). The minimum Gasteiger partial charge on any atom is -0.444 e. The molecule has 1 aliphatic heterocycles. The van der Waals surface area contributed by atoms with Crippen molar-refractivity contribution in [2.24, 2.45) is 0 Å². The van der Waals surface area contributed by atoms with Gasteiger partial charge < -0.3 is 10.1 Å². The van der Waals surface area contributed by atoms with Crippen LogP contribution >= 0.6 is 0 Å². The Bertz CT molecular complexity index is 309. The van der Waals surface area contributed by atoms with Crippen LogP contribution in [0.25, 0.3) is 0 Å². The van der Waals surface area contributed by atoms with Gasteiger partial charge in [-0.3, -0.25) is 9.69 Å². The highest BCUT2D eigenvalue weighted by molar-refractivity contribution is 5.87. The van der Waals surface area contributed by atoms with E-state index in [4.69, 9.17) is 4.74 Å². The number of nitrogens with zero attached hydrogens (tertiary/aromatic N) is 1. The van der Waals surface area contributed by atoms with E-state index in [1.54, 1.807) is 0 Å². The van der Waals surface area contributed by atoms with E-state index in [0.29, 0.717) is 13.0 Å². The van der Waals surface area contributed by atoms with Gasteiger partial charge >= 0.3 is 6.09 Å². The van der Waals surface area contributed by atoms with Crippen LogP contribution in [-0.4, -0.2) is 41.1 Å². The molecular formula is C12H22N2O3. The first-order valence-corrected chi connectivity index (χ1v) is 6.04. The van der Waals surface area contributed by atoms with Gasteiger partial charge in [-0.15, -0.1) is 0 Å². The van der Waals surface area contributed by atoms with E-state index in [-0.39, 0.29) is 11.9 Å². The normalized spacial score (nSPS) is 25.5. The maximum absolute atomic E-state index is 12.0. The highest BCUT2D eigenvalue weighted by Gasteiger charge is 2.36. The lowest BCUT2D eigenvalue weighted by atomic mass is 10.1. The molecule has 1 saturated heterocycles. The Hall–Kier alpha value is -1.26. The fourth-order valence-corrected chi connectivity index (χ4v) is 1.88. The number of rotatable bonds is 1. The summed E-state index contributed by atoms with van der Waals surface area (Å²) in [5.41, 5.74) is -0.535. The monoisotopic (exact) mass is 242 g/mol. The molecule has 17 heavy (non-hydrogen) atoms. The van der Waals surface area contributed by atoms with Gasteiger partial charge in [-0.05, 0) is 34.1 Å². The smallest absolute Gasteiger partial charge is 0.411 e. The number of amides is 2. The zero-order valence-electron chi connectivity index (χ0n) is 11.2. The summed E-state index contributed by atoms with van der Waals surface area (Å²) < 4.78 is 5.31. The van der Waals surface area contributed by atoms with Crippen LogP contribution in [0.3, 0.4) is 0 Å². The van der Waals surface area contributed by atoms with Crippen molar-refractivity contribution in [2.45, 2.75) is 58.7 Å². The SMILES string of the molecule is CCC1C(=O)NC(C)CN1C(=O)OC(C)(C)C.